The molecule has 0 saturated carbocycles. The van der Waals surface area contributed by atoms with Crippen LogP contribution in [0.2, 0.25) is 0 Å². The van der Waals surface area contributed by atoms with Gasteiger partial charge in [0, 0.05) is 51.2 Å². The predicted octanol–water partition coefficient (Wildman–Crippen LogP) is 1.47. The molecule has 2 aromatic heterocycles. The molecule has 30 heavy (non-hydrogen) atoms. The molecular formula is C19H22N6O4S. The molecule has 0 bridgehead atoms. The van der Waals surface area contributed by atoms with Gasteiger partial charge in [-0.1, -0.05) is 6.07 Å². The minimum atomic E-state index is -3.75. The number of fused-ring (bicyclic) bond motifs is 1. The van der Waals surface area contributed by atoms with E-state index in [9.17, 15) is 18.5 Å². The third kappa shape index (κ3) is 3.99. The van der Waals surface area contributed by atoms with Crippen LogP contribution < -0.4 is 9.62 Å². The van der Waals surface area contributed by atoms with Crippen LogP contribution in [0.3, 0.4) is 0 Å². The molecule has 0 atom stereocenters. The normalized spacial score (nSPS) is 15.6. The fourth-order valence-corrected chi connectivity index (χ4v) is 4.39. The van der Waals surface area contributed by atoms with E-state index in [2.05, 4.69) is 14.6 Å². The van der Waals surface area contributed by atoms with E-state index in [1.165, 1.54) is 19.2 Å². The van der Waals surface area contributed by atoms with Crippen molar-refractivity contribution in [2.24, 2.45) is 0 Å². The molecule has 1 saturated heterocycles. The number of nitro groups is 1. The second-order valence-corrected chi connectivity index (χ2v) is 8.96. The fourth-order valence-electron chi connectivity index (χ4n) is 3.64. The van der Waals surface area contributed by atoms with Crippen molar-refractivity contribution in [3.05, 3.63) is 64.6 Å². The van der Waals surface area contributed by atoms with Crippen LogP contribution in [0, 0.1) is 10.1 Å². The Hall–Kier alpha value is -3.02. The second kappa shape index (κ2) is 8.01. The predicted molar refractivity (Wildman–Crippen MR) is 112 cm³/mol. The Labute approximate surface area is 173 Å². The van der Waals surface area contributed by atoms with Crippen molar-refractivity contribution in [2.45, 2.75) is 11.4 Å². The average Bonchev–Trinajstić information content (AvgIpc) is 3.16. The summed E-state index contributed by atoms with van der Waals surface area (Å²) >= 11 is 0. The van der Waals surface area contributed by atoms with Crippen LogP contribution in [-0.4, -0.2) is 60.9 Å². The number of aromatic nitrogens is 2. The Balaban J connectivity index is 1.47. The summed E-state index contributed by atoms with van der Waals surface area (Å²) in [5.41, 5.74) is 2.10. The number of piperazine rings is 1. The quantitative estimate of drug-likeness (QED) is 0.465. The molecule has 1 aliphatic heterocycles. The SMILES string of the molecule is CNS(=O)(=O)c1ccc(N2CCN(Cc3cn4ccccc4n3)CC2)c([N+](=O)[O-])c1. The zero-order valence-electron chi connectivity index (χ0n) is 16.4. The minimum absolute atomic E-state index is 0.120. The van der Waals surface area contributed by atoms with E-state index >= 15 is 0 Å². The van der Waals surface area contributed by atoms with Crippen molar-refractivity contribution < 1.29 is 13.3 Å². The Kier molecular flexibility index (Phi) is 5.41. The zero-order chi connectivity index (χ0) is 21.3. The number of rotatable bonds is 6. The van der Waals surface area contributed by atoms with E-state index in [4.69, 9.17) is 0 Å². The van der Waals surface area contributed by atoms with E-state index in [1.807, 2.05) is 39.9 Å². The van der Waals surface area contributed by atoms with Crippen molar-refractivity contribution in [1.29, 1.82) is 0 Å². The summed E-state index contributed by atoms with van der Waals surface area (Å²) in [6.07, 6.45) is 3.97. The van der Waals surface area contributed by atoms with Crippen LogP contribution >= 0.6 is 0 Å². The number of anilines is 1. The van der Waals surface area contributed by atoms with Gasteiger partial charge in [-0.3, -0.25) is 15.0 Å². The first-order valence-corrected chi connectivity index (χ1v) is 11.0. The highest BCUT2D eigenvalue weighted by atomic mass is 32.2. The molecule has 11 heteroatoms. The Bertz CT molecular complexity index is 1150. The molecule has 158 valence electrons. The highest BCUT2D eigenvalue weighted by Crippen LogP contribution is 2.31. The number of nitrogens with zero attached hydrogens (tertiary/aromatic N) is 5. The van der Waals surface area contributed by atoms with E-state index in [0.29, 0.717) is 25.3 Å². The number of nitrogens with one attached hydrogen (secondary N) is 1. The largest absolute Gasteiger partial charge is 0.363 e. The smallest absolute Gasteiger partial charge is 0.293 e. The lowest BCUT2D eigenvalue weighted by Crippen LogP contribution is -2.46. The van der Waals surface area contributed by atoms with Gasteiger partial charge in [0.15, 0.2) is 0 Å². The lowest BCUT2D eigenvalue weighted by Gasteiger charge is -2.35. The van der Waals surface area contributed by atoms with Crippen LogP contribution in [0.5, 0.6) is 0 Å². The van der Waals surface area contributed by atoms with Gasteiger partial charge in [0.1, 0.15) is 11.3 Å². The molecule has 0 spiro atoms. The van der Waals surface area contributed by atoms with Gasteiger partial charge in [0.05, 0.1) is 15.5 Å². The molecule has 1 N–H and O–H groups in total. The van der Waals surface area contributed by atoms with Gasteiger partial charge in [-0.2, -0.15) is 0 Å². The molecule has 1 fully saturated rings. The number of sulfonamides is 1. The van der Waals surface area contributed by atoms with Crippen molar-refractivity contribution in [3.8, 4) is 0 Å². The number of imidazole rings is 1. The van der Waals surface area contributed by atoms with E-state index in [0.717, 1.165) is 30.5 Å². The lowest BCUT2D eigenvalue weighted by molar-refractivity contribution is -0.384. The maximum Gasteiger partial charge on any atom is 0.293 e. The third-order valence-corrected chi connectivity index (χ3v) is 6.65. The molecule has 0 aliphatic carbocycles. The molecule has 0 unspecified atom stereocenters. The lowest BCUT2D eigenvalue weighted by atomic mass is 10.2. The number of pyridine rings is 1. The summed E-state index contributed by atoms with van der Waals surface area (Å²) in [7, 11) is -2.47. The number of nitro benzene ring substituents is 1. The van der Waals surface area contributed by atoms with E-state index in [1.54, 1.807) is 0 Å². The number of hydrogen-bond donors (Lipinski definition) is 1. The summed E-state index contributed by atoms with van der Waals surface area (Å²) < 4.78 is 28.1. The third-order valence-electron chi connectivity index (χ3n) is 5.24. The summed E-state index contributed by atoms with van der Waals surface area (Å²) in [6.45, 7) is 3.36. The van der Waals surface area contributed by atoms with Crippen LogP contribution in [-0.2, 0) is 16.6 Å². The highest BCUT2D eigenvalue weighted by Gasteiger charge is 2.26. The van der Waals surface area contributed by atoms with Gasteiger partial charge in [0.25, 0.3) is 5.69 Å². The van der Waals surface area contributed by atoms with Crippen molar-refractivity contribution in [3.63, 3.8) is 0 Å². The molecule has 0 radical (unpaired) electrons. The summed E-state index contributed by atoms with van der Waals surface area (Å²) in [5, 5.41) is 11.6. The molecule has 1 aliphatic rings. The van der Waals surface area contributed by atoms with Gasteiger partial charge in [-0.15, -0.1) is 0 Å². The summed E-state index contributed by atoms with van der Waals surface area (Å²) in [4.78, 5) is 19.7. The zero-order valence-corrected chi connectivity index (χ0v) is 17.2. The van der Waals surface area contributed by atoms with E-state index < -0.39 is 14.9 Å². The van der Waals surface area contributed by atoms with Crippen LogP contribution in [0.15, 0.2) is 53.7 Å². The maximum absolute atomic E-state index is 12.0. The average molecular weight is 430 g/mol. The van der Waals surface area contributed by atoms with Gasteiger partial charge in [-0.05, 0) is 31.3 Å². The molecule has 1 aromatic carbocycles. The van der Waals surface area contributed by atoms with Gasteiger partial charge in [-0.25, -0.2) is 18.1 Å². The fraction of sp³-hybridized carbons (Fsp3) is 0.316. The Morgan fingerprint density at radius 3 is 2.60 bits per heavy atom. The van der Waals surface area contributed by atoms with Crippen molar-refractivity contribution >= 4 is 27.0 Å². The van der Waals surface area contributed by atoms with Crippen molar-refractivity contribution in [2.75, 3.05) is 38.1 Å². The summed E-state index contributed by atoms with van der Waals surface area (Å²) in [6, 6.07) is 9.89. The van der Waals surface area contributed by atoms with Crippen LogP contribution in [0.1, 0.15) is 5.69 Å². The van der Waals surface area contributed by atoms with Crippen LogP contribution in [0.4, 0.5) is 11.4 Å². The summed E-state index contributed by atoms with van der Waals surface area (Å²) in [5.74, 6) is 0. The minimum Gasteiger partial charge on any atom is -0.363 e. The van der Waals surface area contributed by atoms with Gasteiger partial charge in [0.2, 0.25) is 10.0 Å². The first-order valence-electron chi connectivity index (χ1n) is 9.49. The number of hydrogen-bond acceptors (Lipinski definition) is 7. The molecule has 3 aromatic rings. The Morgan fingerprint density at radius 1 is 1.17 bits per heavy atom. The van der Waals surface area contributed by atoms with E-state index in [-0.39, 0.29) is 10.6 Å². The van der Waals surface area contributed by atoms with Crippen molar-refractivity contribution in [1.82, 2.24) is 19.0 Å². The first kappa shape index (κ1) is 20.3. The number of benzene rings is 1. The molecule has 0 amide bonds. The molecular weight excluding hydrogens is 408 g/mol. The molecule has 10 nitrogen and oxygen atoms in total. The van der Waals surface area contributed by atoms with Gasteiger partial charge < -0.3 is 9.30 Å². The molecule has 3 heterocycles. The maximum atomic E-state index is 12.0. The topological polar surface area (TPSA) is 113 Å². The monoisotopic (exact) mass is 430 g/mol. The first-order chi connectivity index (χ1) is 14.4. The Morgan fingerprint density at radius 2 is 1.93 bits per heavy atom. The highest BCUT2D eigenvalue weighted by molar-refractivity contribution is 7.89. The molecule has 4 rings (SSSR count). The van der Waals surface area contributed by atoms with Gasteiger partial charge >= 0.3 is 0 Å². The second-order valence-electron chi connectivity index (χ2n) is 7.08. The standard InChI is InChI=1S/C19H22N6O4S/c1-20-30(28,29)16-5-6-17(18(12-16)25(26)27)23-10-8-22(9-11-23)13-15-14-24-7-3-2-4-19(24)21-15/h2-7,12,14,20H,8-11,13H2,1H3. The van der Waals surface area contributed by atoms with Crippen LogP contribution in [0.25, 0.3) is 5.65 Å².